The van der Waals surface area contributed by atoms with Crippen LogP contribution < -0.4 is 10.6 Å². The standard InChI is InChI=1S/C19H28N2O4/c1-25-12-11-19(9-3-2-4-10-19)14-21-18(24)20-13-15-5-7-16(8-6-15)17(22)23/h5-8H,2-4,9-14H2,1H3,(H,22,23)(H2,20,21,24). The number of carboxylic acids is 1. The van der Waals surface area contributed by atoms with E-state index in [1.807, 2.05) is 0 Å². The van der Waals surface area contributed by atoms with Crippen LogP contribution in [-0.2, 0) is 11.3 Å². The number of ether oxygens (including phenoxy) is 1. The van der Waals surface area contributed by atoms with Crippen molar-refractivity contribution in [3.05, 3.63) is 35.4 Å². The maximum Gasteiger partial charge on any atom is 0.335 e. The number of nitrogens with one attached hydrogen (secondary N) is 2. The quantitative estimate of drug-likeness (QED) is 0.673. The molecule has 0 heterocycles. The number of carbonyl (C=O) groups excluding carboxylic acids is 1. The Morgan fingerprint density at radius 1 is 1.12 bits per heavy atom. The van der Waals surface area contributed by atoms with E-state index < -0.39 is 5.97 Å². The molecule has 0 unspecified atom stereocenters. The summed E-state index contributed by atoms with van der Waals surface area (Å²) in [6.45, 7) is 1.76. The van der Waals surface area contributed by atoms with E-state index in [2.05, 4.69) is 10.6 Å². The summed E-state index contributed by atoms with van der Waals surface area (Å²) in [7, 11) is 1.71. The van der Waals surface area contributed by atoms with Crippen LogP contribution >= 0.6 is 0 Å². The second kappa shape index (κ2) is 9.42. The zero-order valence-corrected chi connectivity index (χ0v) is 14.8. The number of hydrogen-bond acceptors (Lipinski definition) is 3. The van der Waals surface area contributed by atoms with Crippen LogP contribution in [0, 0.1) is 5.41 Å². The third-order valence-electron chi connectivity index (χ3n) is 5.03. The number of carboxylic acid groups (broad SMARTS) is 1. The van der Waals surface area contributed by atoms with Gasteiger partial charge in [-0.25, -0.2) is 9.59 Å². The first kappa shape index (κ1) is 19.2. The van der Waals surface area contributed by atoms with Crippen molar-refractivity contribution in [3.63, 3.8) is 0 Å². The molecule has 0 atom stereocenters. The third kappa shape index (κ3) is 6.05. The zero-order valence-electron chi connectivity index (χ0n) is 14.8. The molecule has 0 aliphatic heterocycles. The van der Waals surface area contributed by atoms with Crippen LogP contribution in [-0.4, -0.2) is 37.4 Å². The number of aromatic carboxylic acids is 1. The molecule has 1 aromatic carbocycles. The summed E-state index contributed by atoms with van der Waals surface area (Å²) in [5.74, 6) is -0.953. The molecule has 2 amide bonds. The molecule has 2 rings (SSSR count). The van der Waals surface area contributed by atoms with Crippen LogP contribution in [0.2, 0.25) is 0 Å². The maximum atomic E-state index is 12.1. The highest BCUT2D eigenvalue weighted by Gasteiger charge is 2.31. The average Bonchev–Trinajstić information content (AvgIpc) is 2.64. The van der Waals surface area contributed by atoms with Crippen molar-refractivity contribution in [2.75, 3.05) is 20.3 Å². The Morgan fingerprint density at radius 3 is 2.40 bits per heavy atom. The third-order valence-corrected chi connectivity index (χ3v) is 5.03. The number of urea groups is 1. The molecule has 1 fully saturated rings. The Labute approximate surface area is 149 Å². The lowest BCUT2D eigenvalue weighted by Gasteiger charge is -2.37. The monoisotopic (exact) mass is 348 g/mol. The van der Waals surface area contributed by atoms with E-state index in [-0.39, 0.29) is 17.0 Å². The molecule has 0 bridgehead atoms. The summed E-state index contributed by atoms with van der Waals surface area (Å²) < 4.78 is 5.24. The van der Waals surface area contributed by atoms with Gasteiger partial charge in [-0.1, -0.05) is 31.4 Å². The zero-order chi connectivity index (χ0) is 18.1. The van der Waals surface area contributed by atoms with E-state index in [1.54, 1.807) is 31.4 Å². The largest absolute Gasteiger partial charge is 0.478 e. The fourth-order valence-corrected chi connectivity index (χ4v) is 3.41. The van der Waals surface area contributed by atoms with Crippen LogP contribution in [0.3, 0.4) is 0 Å². The fourth-order valence-electron chi connectivity index (χ4n) is 3.41. The second-order valence-electron chi connectivity index (χ2n) is 6.84. The van der Waals surface area contributed by atoms with Gasteiger partial charge in [0.25, 0.3) is 0 Å². The number of carbonyl (C=O) groups is 2. The molecule has 1 saturated carbocycles. The minimum Gasteiger partial charge on any atom is -0.478 e. The molecule has 6 heteroatoms. The van der Waals surface area contributed by atoms with Crippen molar-refractivity contribution < 1.29 is 19.4 Å². The summed E-state index contributed by atoms with van der Waals surface area (Å²) in [5, 5.41) is 14.7. The van der Waals surface area contributed by atoms with Crippen molar-refractivity contribution >= 4 is 12.0 Å². The molecular weight excluding hydrogens is 320 g/mol. The van der Waals surface area contributed by atoms with Crippen molar-refractivity contribution in [3.8, 4) is 0 Å². The van der Waals surface area contributed by atoms with Crippen LogP contribution in [0.15, 0.2) is 24.3 Å². The lowest BCUT2D eigenvalue weighted by atomic mass is 9.72. The Hall–Kier alpha value is -2.08. The number of hydrogen-bond donors (Lipinski definition) is 3. The first-order chi connectivity index (χ1) is 12.0. The van der Waals surface area contributed by atoms with Crippen LogP contribution in [0.1, 0.15) is 54.4 Å². The topological polar surface area (TPSA) is 87.7 Å². The van der Waals surface area contributed by atoms with Gasteiger partial charge in [0, 0.05) is 26.8 Å². The Kier molecular flexibility index (Phi) is 7.25. The molecule has 1 aliphatic carbocycles. The first-order valence-electron chi connectivity index (χ1n) is 8.88. The van der Waals surface area contributed by atoms with E-state index in [1.165, 1.54) is 19.3 Å². The predicted molar refractivity (Wildman–Crippen MR) is 95.7 cm³/mol. The molecule has 0 radical (unpaired) electrons. The van der Waals surface area contributed by atoms with Gasteiger partial charge in [-0.3, -0.25) is 0 Å². The summed E-state index contributed by atoms with van der Waals surface area (Å²) in [5.41, 5.74) is 1.26. The SMILES string of the molecule is COCCC1(CNC(=O)NCc2ccc(C(=O)O)cc2)CCCCC1. The van der Waals surface area contributed by atoms with E-state index in [0.717, 1.165) is 31.4 Å². The molecule has 0 aromatic heterocycles. The molecular formula is C19H28N2O4. The highest BCUT2D eigenvalue weighted by atomic mass is 16.5. The molecule has 0 spiro atoms. The van der Waals surface area contributed by atoms with Gasteiger partial charge in [0.15, 0.2) is 0 Å². The lowest BCUT2D eigenvalue weighted by molar-refractivity contribution is 0.0697. The van der Waals surface area contributed by atoms with Crippen molar-refractivity contribution in [2.45, 2.75) is 45.1 Å². The molecule has 1 aliphatic rings. The Bertz CT molecular complexity index is 565. The highest BCUT2D eigenvalue weighted by molar-refractivity contribution is 5.87. The number of benzene rings is 1. The summed E-state index contributed by atoms with van der Waals surface area (Å²) in [6, 6.07) is 6.32. The first-order valence-corrected chi connectivity index (χ1v) is 8.88. The molecule has 3 N–H and O–H groups in total. The van der Waals surface area contributed by atoms with Crippen molar-refractivity contribution in [1.29, 1.82) is 0 Å². The molecule has 25 heavy (non-hydrogen) atoms. The average molecular weight is 348 g/mol. The Morgan fingerprint density at radius 2 is 1.80 bits per heavy atom. The van der Waals surface area contributed by atoms with Gasteiger partial charge in [-0.15, -0.1) is 0 Å². The van der Waals surface area contributed by atoms with Gasteiger partial charge >= 0.3 is 12.0 Å². The van der Waals surface area contributed by atoms with Gasteiger partial charge in [0.2, 0.25) is 0 Å². The predicted octanol–water partition coefficient (Wildman–Crippen LogP) is 3.17. The van der Waals surface area contributed by atoms with E-state index in [0.29, 0.717) is 13.1 Å². The highest BCUT2D eigenvalue weighted by Crippen LogP contribution is 2.38. The number of amides is 2. The van der Waals surface area contributed by atoms with Gasteiger partial charge < -0.3 is 20.5 Å². The second-order valence-corrected chi connectivity index (χ2v) is 6.84. The van der Waals surface area contributed by atoms with Crippen molar-refractivity contribution in [1.82, 2.24) is 10.6 Å². The van der Waals surface area contributed by atoms with Gasteiger partial charge in [-0.05, 0) is 42.4 Å². The molecule has 1 aromatic rings. The molecule has 0 saturated heterocycles. The fraction of sp³-hybridized carbons (Fsp3) is 0.579. The normalized spacial score (nSPS) is 16.2. The van der Waals surface area contributed by atoms with E-state index in [9.17, 15) is 9.59 Å². The molecule has 6 nitrogen and oxygen atoms in total. The smallest absolute Gasteiger partial charge is 0.335 e. The number of methoxy groups -OCH3 is 1. The van der Waals surface area contributed by atoms with Crippen molar-refractivity contribution in [2.24, 2.45) is 5.41 Å². The lowest BCUT2D eigenvalue weighted by Crippen LogP contribution is -2.43. The van der Waals surface area contributed by atoms with Gasteiger partial charge in [0.05, 0.1) is 5.56 Å². The summed E-state index contributed by atoms with van der Waals surface area (Å²) in [6.07, 6.45) is 6.93. The van der Waals surface area contributed by atoms with Crippen LogP contribution in [0.5, 0.6) is 0 Å². The maximum absolute atomic E-state index is 12.1. The van der Waals surface area contributed by atoms with E-state index >= 15 is 0 Å². The van der Waals surface area contributed by atoms with E-state index in [4.69, 9.17) is 9.84 Å². The number of rotatable bonds is 8. The van der Waals surface area contributed by atoms with Crippen LogP contribution in [0.25, 0.3) is 0 Å². The Balaban J connectivity index is 1.79. The summed E-state index contributed by atoms with van der Waals surface area (Å²) >= 11 is 0. The van der Waals surface area contributed by atoms with Gasteiger partial charge in [-0.2, -0.15) is 0 Å². The molecule has 138 valence electrons. The van der Waals surface area contributed by atoms with Crippen LogP contribution in [0.4, 0.5) is 4.79 Å². The summed E-state index contributed by atoms with van der Waals surface area (Å²) in [4.78, 5) is 22.9. The minimum atomic E-state index is -0.953. The van der Waals surface area contributed by atoms with Gasteiger partial charge in [0.1, 0.15) is 0 Å². The minimum absolute atomic E-state index is 0.148.